The second-order valence-corrected chi connectivity index (χ2v) is 5.53. The fourth-order valence-electron chi connectivity index (χ4n) is 1.56. The molecule has 0 aromatic carbocycles. The van der Waals surface area contributed by atoms with Gasteiger partial charge in [0.2, 0.25) is 11.8 Å². The van der Waals surface area contributed by atoms with Crippen LogP contribution in [-0.4, -0.2) is 44.5 Å². The van der Waals surface area contributed by atoms with E-state index in [0.717, 1.165) is 5.92 Å². The number of ether oxygens (including phenoxy) is 1. The second-order valence-electron chi connectivity index (χ2n) is 5.53. The lowest BCUT2D eigenvalue weighted by molar-refractivity contribution is -0.145. The molecule has 0 aliphatic heterocycles. The van der Waals surface area contributed by atoms with Gasteiger partial charge in [0, 0.05) is 13.0 Å². The molecule has 0 bridgehead atoms. The van der Waals surface area contributed by atoms with E-state index in [1.807, 2.05) is 6.92 Å². The van der Waals surface area contributed by atoms with Crippen molar-refractivity contribution in [1.29, 1.82) is 0 Å². The molecule has 0 aliphatic carbocycles. The summed E-state index contributed by atoms with van der Waals surface area (Å²) in [5.74, 6) is -0.748. The van der Waals surface area contributed by atoms with Gasteiger partial charge in [-0.05, 0) is 18.8 Å². The highest BCUT2D eigenvalue weighted by Gasteiger charge is 2.27. The van der Waals surface area contributed by atoms with Crippen molar-refractivity contribution in [2.75, 3.05) is 20.7 Å². The van der Waals surface area contributed by atoms with Crippen molar-refractivity contribution < 1.29 is 19.1 Å². The van der Waals surface area contributed by atoms with E-state index in [4.69, 9.17) is 5.73 Å². The van der Waals surface area contributed by atoms with Crippen LogP contribution < -0.4 is 16.4 Å². The van der Waals surface area contributed by atoms with Crippen LogP contribution in [-0.2, 0) is 19.1 Å². The quantitative estimate of drug-likeness (QED) is 0.590. The Morgan fingerprint density at radius 2 is 1.68 bits per heavy atom. The highest BCUT2D eigenvalue weighted by atomic mass is 16.5. The monoisotopic (exact) mass is 317 g/mol. The highest BCUT2D eigenvalue weighted by molar-refractivity contribution is 5.86. The van der Waals surface area contributed by atoms with Crippen LogP contribution >= 0.6 is 0 Å². The van der Waals surface area contributed by atoms with Gasteiger partial charge in [0.15, 0.2) is 0 Å². The van der Waals surface area contributed by atoms with E-state index in [-0.39, 0.29) is 24.8 Å². The van der Waals surface area contributed by atoms with Gasteiger partial charge in [0.05, 0.1) is 13.7 Å². The molecule has 4 N–H and O–H groups in total. The first-order valence-corrected chi connectivity index (χ1v) is 7.52. The summed E-state index contributed by atoms with van der Waals surface area (Å²) in [6, 6.07) is -0.853. The molecule has 0 spiro atoms. The topological polar surface area (TPSA) is 111 Å². The van der Waals surface area contributed by atoms with E-state index in [1.165, 1.54) is 14.2 Å². The molecule has 130 valence electrons. The summed E-state index contributed by atoms with van der Waals surface area (Å²) < 4.78 is 4.59. The van der Waals surface area contributed by atoms with Gasteiger partial charge in [-0.15, -0.1) is 0 Å². The molecule has 0 radical (unpaired) electrons. The molecule has 0 aromatic rings. The third-order valence-corrected chi connectivity index (χ3v) is 2.64. The van der Waals surface area contributed by atoms with Gasteiger partial charge in [-0.2, -0.15) is 0 Å². The van der Waals surface area contributed by atoms with Gasteiger partial charge in [0.1, 0.15) is 6.04 Å². The first-order chi connectivity index (χ1) is 10.2. The third kappa shape index (κ3) is 11.1. The van der Waals surface area contributed by atoms with E-state index in [0.29, 0.717) is 6.42 Å². The third-order valence-electron chi connectivity index (χ3n) is 2.64. The average Bonchev–Trinajstić information content (AvgIpc) is 2.48. The Bertz CT molecular complexity index is 343. The van der Waals surface area contributed by atoms with Crippen LogP contribution in [0.25, 0.3) is 0 Å². The number of esters is 1. The lowest BCUT2D eigenvalue weighted by Gasteiger charge is -2.20. The smallest absolute Gasteiger partial charge is 0.328 e. The zero-order valence-corrected chi connectivity index (χ0v) is 14.6. The predicted octanol–water partition coefficient (Wildman–Crippen LogP) is 0.428. The van der Waals surface area contributed by atoms with Crippen molar-refractivity contribution >= 4 is 17.8 Å². The van der Waals surface area contributed by atoms with Crippen LogP contribution in [0.3, 0.4) is 0 Å². The highest BCUT2D eigenvalue weighted by Crippen LogP contribution is 2.12. The molecule has 0 rings (SSSR count). The summed E-state index contributed by atoms with van der Waals surface area (Å²) in [6.45, 7) is 8.11. The Labute approximate surface area is 133 Å². The van der Waals surface area contributed by atoms with Crippen LogP contribution in [0.4, 0.5) is 0 Å². The van der Waals surface area contributed by atoms with Gasteiger partial charge >= 0.3 is 5.97 Å². The summed E-state index contributed by atoms with van der Waals surface area (Å²) in [5, 5.41) is 4.96. The van der Waals surface area contributed by atoms with Gasteiger partial charge < -0.3 is 21.1 Å². The summed E-state index contributed by atoms with van der Waals surface area (Å²) in [6.07, 6.45) is 0.750. The van der Waals surface area contributed by atoms with Crippen LogP contribution in [0.1, 0.15) is 40.5 Å². The fraction of sp³-hybridized carbons (Fsp3) is 0.800. The number of hydrogen-bond acceptors (Lipinski definition) is 5. The summed E-state index contributed by atoms with van der Waals surface area (Å²) >= 11 is 0. The van der Waals surface area contributed by atoms with Gasteiger partial charge in [-0.1, -0.05) is 27.7 Å². The number of carbonyl (C=O) groups is 3. The number of rotatable bonds is 7. The summed E-state index contributed by atoms with van der Waals surface area (Å²) in [5.41, 5.74) is 5.17. The number of carbonyl (C=O) groups excluding carboxylic acids is 3. The molecule has 7 heteroatoms. The molecule has 0 aliphatic rings. The van der Waals surface area contributed by atoms with Crippen molar-refractivity contribution in [3.63, 3.8) is 0 Å². The molecular weight excluding hydrogens is 286 g/mol. The molecule has 0 aromatic heterocycles. The molecule has 0 saturated heterocycles. The van der Waals surface area contributed by atoms with E-state index < -0.39 is 17.9 Å². The average molecular weight is 317 g/mol. The Balaban J connectivity index is 0. The number of methoxy groups -OCH3 is 1. The zero-order chi connectivity index (χ0) is 17.7. The molecule has 2 amide bonds. The maximum atomic E-state index is 11.5. The Hall–Kier alpha value is -1.63. The SMILES string of the molecule is CC(C)C.CCC(CC(NC(=O)CN)C(=O)OC)C(=O)NC. The number of hydrogen-bond donors (Lipinski definition) is 3. The number of nitrogens with two attached hydrogens (primary N) is 1. The minimum absolute atomic E-state index is 0.173. The minimum Gasteiger partial charge on any atom is -0.467 e. The van der Waals surface area contributed by atoms with Gasteiger partial charge in [-0.3, -0.25) is 9.59 Å². The number of amides is 2. The first kappa shape index (κ1) is 22.6. The molecule has 2 atom stereocenters. The van der Waals surface area contributed by atoms with Crippen molar-refractivity contribution in [1.82, 2.24) is 10.6 Å². The van der Waals surface area contributed by atoms with Crippen LogP contribution in [0, 0.1) is 11.8 Å². The minimum atomic E-state index is -0.853. The molecule has 0 saturated carbocycles. The van der Waals surface area contributed by atoms with Crippen molar-refractivity contribution in [3.05, 3.63) is 0 Å². The standard InChI is InChI=1S/C11H21N3O4.C4H10/c1-4-7(10(16)13-2)5-8(11(17)18-3)14-9(15)6-12;1-4(2)3/h7-8H,4-6,12H2,1-3H3,(H,13,16)(H,14,15);4H,1-3H3. The van der Waals surface area contributed by atoms with E-state index in [2.05, 4.69) is 36.1 Å². The molecule has 7 nitrogen and oxygen atoms in total. The molecule has 0 heterocycles. The maximum Gasteiger partial charge on any atom is 0.328 e. The van der Waals surface area contributed by atoms with E-state index in [1.54, 1.807) is 0 Å². The normalized spacial score (nSPS) is 12.5. The Kier molecular flexibility index (Phi) is 13.4. The van der Waals surface area contributed by atoms with E-state index >= 15 is 0 Å². The zero-order valence-electron chi connectivity index (χ0n) is 14.6. The van der Waals surface area contributed by atoms with Crippen LogP contribution in [0.2, 0.25) is 0 Å². The molecule has 22 heavy (non-hydrogen) atoms. The summed E-state index contributed by atoms with van der Waals surface area (Å²) in [4.78, 5) is 34.3. The maximum absolute atomic E-state index is 11.5. The lowest BCUT2D eigenvalue weighted by Crippen LogP contribution is -2.46. The first-order valence-electron chi connectivity index (χ1n) is 7.52. The number of nitrogens with one attached hydrogen (secondary N) is 2. The fourth-order valence-corrected chi connectivity index (χ4v) is 1.56. The molecule has 0 fully saturated rings. The Morgan fingerprint density at radius 1 is 1.18 bits per heavy atom. The van der Waals surface area contributed by atoms with Crippen LogP contribution in [0.15, 0.2) is 0 Å². The van der Waals surface area contributed by atoms with Gasteiger partial charge in [-0.25, -0.2) is 4.79 Å². The van der Waals surface area contributed by atoms with E-state index in [9.17, 15) is 14.4 Å². The summed E-state index contributed by atoms with van der Waals surface area (Å²) in [7, 11) is 2.75. The molecule has 2 unspecified atom stereocenters. The largest absolute Gasteiger partial charge is 0.467 e. The molecular formula is C15H31N3O4. The van der Waals surface area contributed by atoms with Crippen molar-refractivity contribution in [3.8, 4) is 0 Å². The van der Waals surface area contributed by atoms with Crippen molar-refractivity contribution in [2.45, 2.75) is 46.6 Å². The lowest BCUT2D eigenvalue weighted by atomic mass is 9.96. The van der Waals surface area contributed by atoms with Crippen molar-refractivity contribution in [2.24, 2.45) is 17.6 Å². The second kappa shape index (κ2) is 13.1. The van der Waals surface area contributed by atoms with Gasteiger partial charge in [0.25, 0.3) is 0 Å². The van der Waals surface area contributed by atoms with Crippen LogP contribution in [0.5, 0.6) is 0 Å². The Morgan fingerprint density at radius 3 is 2.00 bits per heavy atom. The predicted molar refractivity (Wildman–Crippen MR) is 86.0 cm³/mol.